The van der Waals surface area contributed by atoms with Crippen molar-refractivity contribution in [2.45, 2.75) is 24.3 Å². The lowest BCUT2D eigenvalue weighted by molar-refractivity contribution is 0.0981. The van der Waals surface area contributed by atoms with Gasteiger partial charge in [0.15, 0.2) is 23.1 Å². The predicted molar refractivity (Wildman–Crippen MR) is 184 cm³/mol. The molecule has 0 N–H and O–H groups in total. The van der Waals surface area contributed by atoms with Gasteiger partial charge in [-0.05, 0) is 72.6 Å². The van der Waals surface area contributed by atoms with Crippen LogP contribution in [0.3, 0.4) is 0 Å². The number of aryl methyl sites for hydroxylation is 1. The van der Waals surface area contributed by atoms with Crippen LogP contribution in [0.25, 0.3) is 32.6 Å². The van der Waals surface area contributed by atoms with Crippen LogP contribution in [0, 0.1) is 11.6 Å². The maximum absolute atomic E-state index is 13.8. The third kappa shape index (κ3) is 6.35. The van der Waals surface area contributed by atoms with E-state index in [1.165, 1.54) is 50.3 Å². The number of hydrogen-bond acceptors (Lipinski definition) is 7. The number of aromatic nitrogens is 4. The van der Waals surface area contributed by atoms with Gasteiger partial charge in [0, 0.05) is 69.2 Å². The van der Waals surface area contributed by atoms with Crippen molar-refractivity contribution in [1.82, 2.24) is 18.5 Å². The molecule has 0 unspecified atom stereocenters. The summed E-state index contributed by atoms with van der Waals surface area (Å²) in [5.41, 5.74) is 2.42. The van der Waals surface area contributed by atoms with Gasteiger partial charge < -0.3 is 4.57 Å². The van der Waals surface area contributed by atoms with Crippen LogP contribution in [0.2, 0.25) is 0 Å². The van der Waals surface area contributed by atoms with Gasteiger partial charge in [0.25, 0.3) is 15.6 Å². The van der Waals surface area contributed by atoms with E-state index in [0.29, 0.717) is 22.9 Å². The van der Waals surface area contributed by atoms with Crippen molar-refractivity contribution in [2.75, 3.05) is 0 Å². The van der Waals surface area contributed by atoms with Crippen LogP contribution in [0.5, 0.6) is 0 Å². The first kappa shape index (κ1) is 32.0. The van der Waals surface area contributed by atoms with Crippen LogP contribution in [0.1, 0.15) is 27.2 Å². The Morgan fingerprint density at radius 3 is 2.47 bits per heavy atom. The molecule has 0 aliphatic heterocycles. The SMILES string of the molecule is O=C(CCc1ccc(-c2cn(S(=O)(=O)c3ccccc3)c3ncc(-c4cccnc4)cc23)s1)c1cccn(Cc2ccc(F)c(F)c2)c1=O. The van der Waals surface area contributed by atoms with Gasteiger partial charge in [-0.1, -0.05) is 30.3 Å². The minimum absolute atomic E-state index is 0.00468. The molecular formula is C37H26F2N4O4S2. The molecule has 2 aromatic carbocycles. The molecule has 0 saturated carbocycles. The maximum atomic E-state index is 13.8. The number of Topliss-reactive ketones (excluding diaryl/α,β-unsaturated/α-hetero) is 1. The number of carbonyl (C=O) groups excluding carboxylic acids is 1. The maximum Gasteiger partial charge on any atom is 0.269 e. The lowest BCUT2D eigenvalue weighted by Crippen LogP contribution is -2.26. The zero-order valence-corrected chi connectivity index (χ0v) is 27.3. The van der Waals surface area contributed by atoms with Gasteiger partial charge in [-0.2, -0.15) is 0 Å². The van der Waals surface area contributed by atoms with Gasteiger partial charge in [0.2, 0.25) is 0 Å². The second-order valence-electron chi connectivity index (χ2n) is 11.3. The highest BCUT2D eigenvalue weighted by Crippen LogP contribution is 2.38. The van der Waals surface area contributed by atoms with Gasteiger partial charge >= 0.3 is 0 Å². The molecule has 12 heteroatoms. The Bertz CT molecular complexity index is 2510. The standard InChI is InChI=1S/C37H26F2N4O4S2/c38-32-13-10-24(18-33(32)39)22-42-17-5-9-29(37(42)45)34(44)14-11-27-12-15-35(48-27)31-23-43(49(46,47)28-7-2-1-3-8-28)36-30(31)19-26(21-41-36)25-6-4-16-40-20-25/h1-10,12-13,15-21,23H,11,14,22H2. The third-order valence-corrected chi connectivity index (χ3v) is 10.9. The summed E-state index contributed by atoms with van der Waals surface area (Å²) >= 11 is 1.42. The van der Waals surface area contributed by atoms with Gasteiger partial charge in [-0.3, -0.25) is 14.6 Å². The minimum Gasteiger partial charge on any atom is -0.310 e. The number of hydrogen-bond donors (Lipinski definition) is 0. The fraction of sp³-hybridized carbons (Fsp3) is 0.0811. The van der Waals surface area contributed by atoms with E-state index in [1.807, 2.05) is 30.3 Å². The number of halogens is 2. The molecular weight excluding hydrogens is 667 g/mol. The number of nitrogens with zero attached hydrogens (tertiary/aromatic N) is 4. The normalized spacial score (nSPS) is 11.6. The van der Waals surface area contributed by atoms with Crippen LogP contribution in [-0.4, -0.2) is 32.7 Å². The molecule has 0 amide bonds. The quantitative estimate of drug-likeness (QED) is 0.139. The fourth-order valence-electron chi connectivity index (χ4n) is 5.59. The molecule has 0 aliphatic rings. The molecule has 0 atom stereocenters. The number of ketones is 1. The van der Waals surface area contributed by atoms with Gasteiger partial charge in [0.05, 0.1) is 17.0 Å². The number of benzene rings is 2. The molecule has 0 saturated heterocycles. The van der Waals surface area contributed by atoms with Crippen LogP contribution in [-0.2, 0) is 23.0 Å². The monoisotopic (exact) mass is 692 g/mol. The molecule has 244 valence electrons. The summed E-state index contributed by atoms with van der Waals surface area (Å²) in [7, 11) is -3.97. The predicted octanol–water partition coefficient (Wildman–Crippen LogP) is 7.37. The summed E-state index contributed by atoms with van der Waals surface area (Å²) in [4.78, 5) is 36.9. The number of fused-ring (bicyclic) bond motifs is 1. The molecule has 0 spiro atoms. The van der Waals surface area contributed by atoms with Crippen LogP contribution in [0.15, 0.2) is 132 Å². The third-order valence-electron chi connectivity index (χ3n) is 8.09. The Balaban J connectivity index is 1.17. The topological polar surface area (TPSA) is 104 Å². The second kappa shape index (κ2) is 13.1. The number of carbonyl (C=O) groups is 1. The molecule has 0 aliphatic carbocycles. The van der Waals surface area contributed by atoms with Crippen LogP contribution < -0.4 is 5.56 Å². The average molecular weight is 693 g/mol. The lowest BCUT2D eigenvalue weighted by Gasteiger charge is -2.08. The Labute approximate surface area is 283 Å². The van der Waals surface area contributed by atoms with E-state index < -0.39 is 27.2 Å². The van der Waals surface area contributed by atoms with E-state index in [1.54, 1.807) is 49.1 Å². The molecule has 0 radical (unpaired) electrons. The largest absolute Gasteiger partial charge is 0.310 e. The molecule has 8 nitrogen and oxygen atoms in total. The van der Waals surface area contributed by atoms with E-state index in [9.17, 15) is 26.8 Å². The van der Waals surface area contributed by atoms with Crippen molar-refractivity contribution in [2.24, 2.45) is 0 Å². The summed E-state index contributed by atoms with van der Waals surface area (Å²) in [6.45, 7) is -0.0175. The zero-order chi connectivity index (χ0) is 34.1. The summed E-state index contributed by atoms with van der Waals surface area (Å²) in [6.07, 6.45) is 8.49. The average Bonchev–Trinajstić information content (AvgIpc) is 3.75. The van der Waals surface area contributed by atoms with Crippen molar-refractivity contribution in [3.63, 3.8) is 0 Å². The first-order chi connectivity index (χ1) is 23.7. The van der Waals surface area contributed by atoms with Crippen molar-refractivity contribution < 1.29 is 22.0 Å². The van der Waals surface area contributed by atoms with E-state index in [0.717, 1.165) is 33.0 Å². The highest BCUT2D eigenvalue weighted by atomic mass is 32.2. The van der Waals surface area contributed by atoms with Crippen LogP contribution in [0.4, 0.5) is 8.78 Å². The Morgan fingerprint density at radius 1 is 0.857 bits per heavy atom. The number of thiophene rings is 1. The first-order valence-electron chi connectivity index (χ1n) is 15.2. The van der Waals surface area contributed by atoms with Crippen LogP contribution >= 0.6 is 11.3 Å². The number of rotatable bonds is 10. The second-order valence-corrected chi connectivity index (χ2v) is 14.3. The summed E-state index contributed by atoms with van der Waals surface area (Å²) in [5.74, 6) is -2.35. The highest BCUT2D eigenvalue weighted by molar-refractivity contribution is 7.90. The van der Waals surface area contributed by atoms with Gasteiger partial charge in [-0.15, -0.1) is 11.3 Å². The summed E-state index contributed by atoms with van der Waals surface area (Å²) < 4.78 is 57.1. The fourth-order valence-corrected chi connectivity index (χ4v) is 7.97. The van der Waals surface area contributed by atoms with E-state index >= 15 is 0 Å². The molecule has 7 aromatic rings. The molecule has 7 rings (SSSR count). The van der Waals surface area contributed by atoms with E-state index in [2.05, 4.69) is 9.97 Å². The Kier molecular flexibility index (Phi) is 8.57. The minimum atomic E-state index is -3.97. The zero-order valence-electron chi connectivity index (χ0n) is 25.7. The van der Waals surface area contributed by atoms with Crippen molar-refractivity contribution in [3.8, 4) is 21.6 Å². The Morgan fingerprint density at radius 2 is 1.69 bits per heavy atom. The lowest BCUT2D eigenvalue weighted by atomic mass is 10.1. The number of pyridine rings is 3. The summed E-state index contributed by atoms with van der Waals surface area (Å²) in [5, 5.41) is 0.635. The van der Waals surface area contributed by atoms with Gasteiger partial charge in [0.1, 0.15) is 0 Å². The first-order valence-corrected chi connectivity index (χ1v) is 17.4. The Hall–Kier alpha value is -5.59. The summed E-state index contributed by atoms with van der Waals surface area (Å²) in [6, 6.07) is 24.0. The van der Waals surface area contributed by atoms with E-state index in [-0.39, 0.29) is 34.9 Å². The van der Waals surface area contributed by atoms with Crippen molar-refractivity contribution >= 4 is 38.2 Å². The molecule has 5 aromatic heterocycles. The van der Waals surface area contributed by atoms with Crippen molar-refractivity contribution in [3.05, 3.63) is 160 Å². The van der Waals surface area contributed by atoms with Crippen molar-refractivity contribution in [1.29, 1.82) is 0 Å². The molecule has 49 heavy (non-hydrogen) atoms. The smallest absolute Gasteiger partial charge is 0.269 e. The highest BCUT2D eigenvalue weighted by Gasteiger charge is 2.24. The van der Waals surface area contributed by atoms with E-state index in [4.69, 9.17) is 0 Å². The molecule has 5 heterocycles. The molecule has 0 bridgehead atoms. The molecule has 0 fully saturated rings. The van der Waals surface area contributed by atoms with Gasteiger partial charge in [-0.25, -0.2) is 26.2 Å².